The smallest absolute Gasteiger partial charge is 0.0979 e. The predicted molar refractivity (Wildman–Crippen MR) is 86.9 cm³/mol. The molecule has 0 saturated heterocycles. The fraction of sp³-hybridized carbons (Fsp3) is 0.579. The summed E-state index contributed by atoms with van der Waals surface area (Å²) in [6.07, 6.45) is 9.89. The van der Waals surface area contributed by atoms with E-state index in [0.717, 1.165) is 25.7 Å². The molecule has 1 heteroatoms. The van der Waals surface area contributed by atoms with Crippen LogP contribution in [0, 0.1) is 5.92 Å². The van der Waals surface area contributed by atoms with Crippen LogP contribution in [0.2, 0.25) is 0 Å². The molecule has 0 saturated carbocycles. The normalized spacial score (nSPS) is 14.6. The van der Waals surface area contributed by atoms with Gasteiger partial charge in [0.1, 0.15) is 0 Å². The van der Waals surface area contributed by atoms with Crippen LogP contribution < -0.4 is 0 Å². The van der Waals surface area contributed by atoms with E-state index in [0.29, 0.717) is 12.3 Å². The Balaban J connectivity index is 2.41. The lowest BCUT2D eigenvalue weighted by Gasteiger charge is -2.10. The third-order valence-electron chi connectivity index (χ3n) is 3.69. The minimum Gasteiger partial charge on any atom is -0.248 e. The molecule has 0 nitrogen and oxygen atoms in total. The summed E-state index contributed by atoms with van der Waals surface area (Å²) in [6, 6.07) is 8.88. The van der Waals surface area contributed by atoms with E-state index in [1.807, 2.05) is 0 Å². The molecule has 0 aromatic heterocycles. The molecule has 0 aliphatic carbocycles. The number of hydrogen-bond donors (Lipinski definition) is 0. The summed E-state index contributed by atoms with van der Waals surface area (Å²) >= 11 is 0. The molecule has 1 rings (SSSR count). The van der Waals surface area contributed by atoms with Gasteiger partial charge in [-0.05, 0) is 56.1 Å². The van der Waals surface area contributed by atoms with Crippen LogP contribution in [-0.2, 0) is 12.8 Å². The average molecular weight is 276 g/mol. The van der Waals surface area contributed by atoms with Gasteiger partial charge in [-0.3, -0.25) is 0 Å². The molecule has 0 bridgehead atoms. The molecule has 0 aliphatic heterocycles. The number of aryl methyl sites for hydroxylation is 2. The summed E-state index contributed by atoms with van der Waals surface area (Å²) in [5.74, 6) is 0.390. The number of halogens is 1. The summed E-state index contributed by atoms with van der Waals surface area (Å²) in [5.41, 5.74) is 2.85. The summed E-state index contributed by atoms with van der Waals surface area (Å²) in [5, 5.41) is 0. The van der Waals surface area contributed by atoms with Crippen LogP contribution in [0.4, 0.5) is 4.39 Å². The quantitative estimate of drug-likeness (QED) is 0.492. The molecule has 0 aliphatic rings. The lowest BCUT2D eigenvalue weighted by atomic mass is 9.98. The molecule has 1 aromatic carbocycles. The standard InChI is InChI=1S/C19H29F/c1-4-9-18-12-8-13-19(15-18)11-7-6-10-17(5-2)14-16(3)20/h6,8,10,12-13,15-17H,4-5,7,9,11,14H2,1-3H3/b10-6+. The Morgan fingerprint density at radius 3 is 2.45 bits per heavy atom. The van der Waals surface area contributed by atoms with E-state index in [1.165, 1.54) is 17.5 Å². The van der Waals surface area contributed by atoms with Crippen LogP contribution in [0.25, 0.3) is 0 Å². The number of hydrogen-bond acceptors (Lipinski definition) is 0. The molecule has 0 spiro atoms. The van der Waals surface area contributed by atoms with Crippen LogP contribution in [0.3, 0.4) is 0 Å². The number of allylic oxidation sites excluding steroid dienone is 2. The van der Waals surface area contributed by atoms with E-state index in [2.05, 4.69) is 50.3 Å². The van der Waals surface area contributed by atoms with Gasteiger partial charge in [0.15, 0.2) is 0 Å². The first-order valence-electron chi connectivity index (χ1n) is 8.04. The van der Waals surface area contributed by atoms with E-state index >= 15 is 0 Å². The molecule has 0 fully saturated rings. The van der Waals surface area contributed by atoms with Crippen molar-refractivity contribution < 1.29 is 4.39 Å². The second kappa shape index (κ2) is 9.74. The Labute approximate surface area is 124 Å². The minimum absolute atomic E-state index is 0.390. The van der Waals surface area contributed by atoms with E-state index in [-0.39, 0.29) is 0 Å². The topological polar surface area (TPSA) is 0 Å². The number of benzene rings is 1. The highest BCUT2D eigenvalue weighted by Crippen LogP contribution is 2.16. The van der Waals surface area contributed by atoms with Crippen LogP contribution in [0.1, 0.15) is 57.6 Å². The van der Waals surface area contributed by atoms with Crippen molar-refractivity contribution in [2.45, 2.75) is 65.5 Å². The molecule has 1 aromatic rings. The zero-order chi connectivity index (χ0) is 14.8. The van der Waals surface area contributed by atoms with Crippen molar-refractivity contribution in [2.24, 2.45) is 5.92 Å². The lowest BCUT2D eigenvalue weighted by Crippen LogP contribution is -2.02. The van der Waals surface area contributed by atoms with E-state index in [4.69, 9.17) is 0 Å². The van der Waals surface area contributed by atoms with E-state index in [1.54, 1.807) is 6.92 Å². The van der Waals surface area contributed by atoms with Crippen molar-refractivity contribution in [3.8, 4) is 0 Å². The summed E-state index contributed by atoms with van der Waals surface area (Å²) in [4.78, 5) is 0. The maximum Gasteiger partial charge on any atom is 0.0979 e. The van der Waals surface area contributed by atoms with Gasteiger partial charge in [0.2, 0.25) is 0 Å². The monoisotopic (exact) mass is 276 g/mol. The zero-order valence-electron chi connectivity index (χ0n) is 13.2. The molecule has 0 N–H and O–H groups in total. The minimum atomic E-state index is -0.699. The van der Waals surface area contributed by atoms with Crippen molar-refractivity contribution in [1.29, 1.82) is 0 Å². The predicted octanol–water partition coefficient (Wildman–Crippen LogP) is 5.90. The second-order valence-electron chi connectivity index (χ2n) is 5.72. The SMILES string of the molecule is CCCc1cccc(CC/C=C/C(CC)CC(C)F)c1. The van der Waals surface area contributed by atoms with Crippen molar-refractivity contribution >= 4 is 0 Å². The second-order valence-corrected chi connectivity index (χ2v) is 5.72. The van der Waals surface area contributed by atoms with Gasteiger partial charge in [0, 0.05) is 0 Å². The maximum atomic E-state index is 13.0. The van der Waals surface area contributed by atoms with Crippen molar-refractivity contribution in [3.63, 3.8) is 0 Å². The fourth-order valence-electron chi connectivity index (χ4n) is 2.57. The first-order chi connectivity index (χ1) is 9.65. The molecule has 0 amide bonds. The van der Waals surface area contributed by atoms with E-state index in [9.17, 15) is 4.39 Å². The molecule has 0 radical (unpaired) electrons. The summed E-state index contributed by atoms with van der Waals surface area (Å²) in [7, 11) is 0. The van der Waals surface area contributed by atoms with Gasteiger partial charge < -0.3 is 0 Å². The Morgan fingerprint density at radius 2 is 1.85 bits per heavy atom. The number of rotatable bonds is 9. The molecule has 0 heterocycles. The van der Waals surface area contributed by atoms with Crippen LogP contribution in [-0.4, -0.2) is 6.17 Å². The van der Waals surface area contributed by atoms with Gasteiger partial charge in [-0.25, -0.2) is 4.39 Å². The average Bonchev–Trinajstić information content (AvgIpc) is 2.42. The van der Waals surface area contributed by atoms with Gasteiger partial charge >= 0.3 is 0 Å². The Kier molecular flexibility index (Phi) is 8.25. The van der Waals surface area contributed by atoms with E-state index < -0.39 is 6.17 Å². The van der Waals surface area contributed by atoms with Gasteiger partial charge in [0.05, 0.1) is 6.17 Å². The molecule has 2 atom stereocenters. The maximum absolute atomic E-state index is 13.0. The first kappa shape index (κ1) is 16.9. The zero-order valence-corrected chi connectivity index (χ0v) is 13.2. The highest BCUT2D eigenvalue weighted by Gasteiger charge is 2.06. The van der Waals surface area contributed by atoms with Crippen molar-refractivity contribution in [3.05, 3.63) is 47.5 Å². The van der Waals surface area contributed by atoms with Crippen LogP contribution in [0.15, 0.2) is 36.4 Å². The third-order valence-corrected chi connectivity index (χ3v) is 3.69. The van der Waals surface area contributed by atoms with Crippen molar-refractivity contribution in [2.75, 3.05) is 0 Å². The highest BCUT2D eigenvalue weighted by atomic mass is 19.1. The molecule has 20 heavy (non-hydrogen) atoms. The third kappa shape index (κ3) is 6.88. The Morgan fingerprint density at radius 1 is 1.15 bits per heavy atom. The lowest BCUT2D eigenvalue weighted by molar-refractivity contribution is 0.306. The number of alkyl halides is 1. The van der Waals surface area contributed by atoms with Gasteiger partial charge in [0.25, 0.3) is 0 Å². The van der Waals surface area contributed by atoms with Crippen molar-refractivity contribution in [1.82, 2.24) is 0 Å². The molecule has 2 unspecified atom stereocenters. The summed E-state index contributed by atoms with van der Waals surface area (Å²) in [6.45, 7) is 5.99. The van der Waals surface area contributed by atoms with Gasteiger partial charge in [-0.15, -0.1) is 0 Å². The first-order valence-corrected chi connectivity index (χ1v) is 8.04. The Hall–Kier alpha value is -1.11. The largest absolute Gasteiger partial charge is 0.248 e. The molecule has 112 valence electrons. The Bertz CT molecular complexity index is 393. The van der Waals surface area contributed by atoms with Crippen LogP contribution in [0.5, 0.6) is 0 Å². The summed E-state index contributed by atoms with van der Waals surface area (Å²) < 4.78 is 13.0. The molecular formula is C19H29F. The highest BCUT2D eigenvalue weighted by molar-refractivity contribution is 5.24. The molecular weight excluding hydrogens is 247 g/mol. The van der Waals surface area contributed by atoms with Crippen LogP contribution >= 0.6 is 0 Å². The van der Waals surface area contributed by atoms with Gasteiger partial charge in [-0.2, -0.15) is 0 Å². The fourth-order valence-corrected chi connectivity index (χ4v) is 2.57. The van der Waals surface area contributed by atoms with Gasteiger partial charge in [-0.1, -0.05) is 56.7 Å².